The molecule has 0 aromatic carbocycles. The first-order valence-electron chi connectivity index (χ1n) is 6.62. The zero-order valence-electron chi connectivity index (χ0n) is 12.3. The zero-order valence-corrected chi connectivity index (χ0v) is 13.2. The Morgan fingerprint density at radius 1 is 1.55 bits per heavy atom. The van der Waals surface area contributed by atoms with Gasteiger partial charge in [0.15, 0.2) is 0 Å². The summed E-state index contributed by atoms with van der Waals surface area (Å²) in [5.41, 5.74) is 7.55. The van der Waals surface area contributed by atoms with E-state index in [1.165, 1.54) is 11.5 Å². The summed E-state index contributed by atoms with van der Waals surface area (Å²) < 4.78 is 9.68. The van der Waals surface area contributed by atoms with Crippen LogP contribution >= 0.6 is 11.5 Å². The molecule has 1 aliphatic heterocycles. The summed E-state index contributed by atoms with van der Waals surface area (Å²) in [6, 6.07) is 1.84. The fourth-order valence-corrected chi connectivity index (χ4v) is 2.80. The van der Waals surface area contributed by atoms with Crippen molar-refractivity contribution in [3.05, 3.63) is 22.7 Å². The molecule has 20 heavy (non-hydrogen) atoms. The van der Waals surface area contributed by atoms with Gasteiger partial charge in [0.05, 0.1) is 17.1 Å². The lowest BCUT2D eigenvalue weighted by Crippen LogP contribution is -2.46. The van der Waals surface area contributed by atoms with Gasteiger partial charge in [-0.3, -0.25) is 0 Å². The molecule has 5 nitrogen and oxygen atoms in total. The van der Waals surface area contributed by atoms with Gasteiger partial charge in [-0.25, -0.2) is 4.79 Å². The normalized spacial score (nSPS) is 19.8. The molecule has 1 aromatic rings. The quantitative estimate of drug-likeness (QED) is 0.864. The summed E-state index contributed by atoms with van der Waals surface area (Å²) in [6.07, 6.45) is 1.69. The minimum absolute atomic E-state index is 0.173. The summed E-state index contributed by atoms with van der Waals surface area (Å²) in [4.78, 5) is 14.9. The molecule has 1 aromatic heterocycles. The topological polar surface area (TPSA) is 68.5 Å². The van der Waals surface area contributed by atoms with Crippen molar-refractivity contribution in [1.82, 2.24) is 9.27 Å². The van der Waals surface area contributed by atoms with Crippen LogP contribution in [0.4, 0.5) is 4.79 Å². The summed E-state index contributed by atoms with van der Waals surface area (Å²) in [6.45, 7) is 8.53. The van der Waals surface area contributed by atoms with E-state index in [1.807, 2.05) is 39.8 Å². The molecular formula is C14H21N3O2S. The van der Waals surface area contributed by atoms with Gasteiger partial charge in [0, 0.05) is 12.6 Å². The van der Waals surface area contributed by atoms with Crippen molar-refractivity contribution in [3.8, 4) is 0 Å². The average molecular weight is 295 g/mol. The highest BCUT2D eigenvalue weighted by Gasteiger charge is 2.27. The summed E-state index contributed by atoms with van der Waals surface area (Å²) in [5, 5.41) is 0. The second kappa shape index (κ2) is 5.54. The van der Waals surface area contributed by atoms with Crippen LogP contribution in [0, 0.1) is 6.92 Å². The van der Waals surface area contributed by atoms with Crippen molar-refractivity contribution >= 4 is 23.2 Å². The van der Waals surface area contributed by atoms with E-state index in [2.05, 4.69) is 4.37 Å². The number of nitrogens with zero attached hydrogens (tertiary/aromatic N) is 2. The van der Waals surface area contributed by atoms with E-state index in [9.17, 15) is 4.79 Å². The molecular weight excluding hydrogens is 274 g/mol. The van der Waals surface area contributed by atoms with Crippen LogP contribution in [-0.2, 0) is 4.74 Å². The maximum Gasteiger partial charge on any atom is 0.410 e. The number of aryl methyl sites for hydroxylation is 1. The lowest BCUT2D eigenvalue weighted by molar-refractivity contribution is 0.0265. The van der Waals surface area contributed by atoms with Gasteiger partial charge in [0.2, 0.25) is 0 Å². The van der Waals surface area contributed by atoms with Gasteiger partial charge in [-0.1, -0.05) is 6.08 Å². The van der Waals surface area contributed by atoms with Crippen molar-refractivity contribution in [3.63, 3.8) is 0 Å². The number of nitrogens with two attached hydrogens (primary N) is 1. The number of amides is 1. The molecule has 1 atom stereocenters. The van der Waals surface area contributed by atoms with E-state index in [0.717, 1.165) is 16.1 Å². The van der Waals surface area contributed by atoms with E-state index >= 15 is 0 Å². The fraction of sp³-hybridized carbons (Fsp3) is 0.571. The van der Waals surface area contributed by atoms with Crippen molar-refractivity contribution in [2.24, 2.45) is 5.73 Å². The summed E-state index contributed by atoms with van der Waals surface area (Å²) in [7, 11) is 0. The van der Waals surface area contributed by atoms with Crippen LogP contribution in [0.15, 0.2) is 12.1 Å². The van der Waals surface area contributed by atoms with E-state index in [4.69, 9.17) is 10.5 Å². The van der Waals surface area contributed by atoms with Crippen LogP contribution in [0.2, 0.25) is 0 Å². The second-order valence-corrected chi connectivity index (χ2v) is 6.85. The predicted molar refractivity (Wildman–Crippen MR) is 80.6 cm³/mol. The van der Waals surface area contributed by atoms with Crippen LogP contribution in [0.3, 0.4) is 0 Å². The van der Waals surface area contributed by atoms with Crippen LogP contribution in [0.5, 0.6) is 0 Å². The lowest BCUT2D eigenvalue weighted by Gasteiger charge is -2.32. The van der Waals surface area contributed by atoms with Crippen LogP contribution in [-0.4, -0.2) is 40.1 Å². The van der Waals surface area contributed by atoms with Crippen molar-refractivity contribution in [2.75, 3.05) is 13.1 Å². The molecule has 1 aliphatic rings. The molecule has 1 unspecified atom stereocenters. The number of hydrogen-bond donors (Lipinski definition) is 1. The Balaban J connectivity index is 2.12. The molecule has 2 rings (SSSR count). The summed E-state index contributed by atoms with van der Waals surface area (Å²) >= 11 is 1.43. The fourth-order valence-electron chi connectivity index (χ4n) is 2.03. The molecule has 2 N–H and O–H groups in total. The first-order valence-corrected chi connectivity index (χ1v) is 7.40. The molecule has 6 heteroatoms. The molecule has 110 valence electrons. The lowest BCUT2D eigenvalue weighted by atomic mass is 10.1. The summed E-state index contributed by atoms with van der Waals surface area (Å²) in [5.74, 6) is 0. The Morgan fingerprint density at radius 2 is 2.25 bits per heavy atom. The number of rotatable bonds is 1. The highest BCUT2D eigenvalue weighted by molar-refractivity contribution is 7.07. The molecule has 0 fully saturated rings. The Labute approximate surface area is 123 Å². The molecule has 0 saturated carbocycles. The molecule has 1 amide bonds. The molecule has 0 bridgehead atoms. The van der Waals surface area contributed by atoms with Crippen LogP contribution in [0.1, 0.15) is 31.3 Å². The minimum Gasteiger partial charge on any atom is -0.444 e. The van der Waals surface area contributed by atoms with Crippen LogP contribution in [0.25, 0.3) is 5.57 Å². The van der Waals surface area contributed by atoms with Crippen molar-refractivity contribution in [2.45, 2.75) is 39.3 Å². The first-order chi connectivity index (χ1) is 9.24. The van der Waals surface area contributed by atoms with E-state index < -0.39 is 5.60 Å². The predicted octanol–water partition coefficient (Wildman–Crippen LogP) is 2.41. The van der Waals surface area contributed by atoms with Gasteiger partial charge in [0.25, 0.3) is 0 Å². The van der Waals surface area contributed by atoms with Gasteiger partial charge >= 0.3 is 6.09 Å². The first kappa shape index (κ1) is 15.0. The van der Waals surface area contributed by atoms with Crippen molar-refractivity contribution in [1.29, 1.82) is 0 Å². The number of aromatic nitrogens is 1. The highest BCUT2D eigenvalue weighted by Crippen LogP contribution is 2.25. The van der Waals surface area contributed by atoms with Gasteiger partial charge < -0.3 is 15.4 Å². The maximum atomic E-state index is 12.2. The van der Waals surface area contributed by atoms with Gasteiger partial charge in [-0.2, -0.15) is 4.37 Å². The third-order valence-corrected chi connectivity index (χ3v) is 3.76. The Kier molecular flexibility index (Phi) is 4.15. The van der Waals surface area contributed by atoms with E-state index in [1.54, 1.807) is 4.90 Å². The maximum absolute atomic E-state index is 12.2. The van der Waals surface area contributed by atoms with E-state index in [-0.39, 0.29) is 12.1 Å². The smallest absolute Gasteiger partial charge is 0.410 e. The van der Waals surface area contributed by atoms with Gasteiger partial charge in [0.1, 0.15) is 5.60 Å². The molecule has 0 saturated heterocycles. The number of ether oxygens (including phenoxy) is 1. The molecule has 0 aliphatic carbocycles. The minimum atomic E-state index is -0.496. The van der Waals surface area contributed by atoms with Gasteiger partial charge in [-0.15, -0.1) is 0 Å². The Bertz CT molecular complexity index is 531. The zero-order chi connectivity index (χ0) is 14.9. The van der Waals surface area contributed by atoms with Crippen LogP contribution < -0.4 is 5.73 Å². The van der Waals surface area contributed by atoms with Gasteiger partial charge in [-0.05, 0) is 50.9 Å². The average Bonchev–Trinajstić information content (AvgIpc) is 2.73. The van der Waals surface area contributed by atoms with Crippen molar-refractivity contribution < 1.29 is 9.53 Å². The second-order valence-electron chi connectivity index (χ2n) is 6.05. The third-order valence-electron chi connectivity index (χ3n) is 2.80. The molecule has 0 radical (unpaired) electrons. The Morgan fingerprint density at radius 3 is 2.80 bits per heavy atom. The number of hydrogen-bond acceptors (Lipinski definition) is 5. The Hall–Kier alpha value is -1.40. The number of carbonyl (C=O) groups is 1. The monoisotopic (exact) mass is 295 g/mol. The molecule has 2 heterocycles. The number of carbonyl (C=O) groups excluding carboxylic acids is 1. The third kappa shape index (κ3) is 3.80. The largest absolute Gasteiger partial charge is 0.444 e. The SMILES string of the molecule is Cc1cc(C2=CC(N)CN(C(=O)OC(C)(C)C)C2)sn1. The standard InChI is InChI=1S/C14H21N3O2S/c1-9-5-12(20-16-9)10-6-11(15)8-17(7-10)13(18)19-14(2,3)4/h5-6,11H,7-8,15H2,1-4H3. The molecule has 0 spiro atoms. The van der Waals surface area contributed by atoms with E-state index in [0.29, 0.717) is 13.1 Å². The highest BCUT2D eigenvalue weighted by atomic mass is 32.1.